The third-order valence-corrected chi connectivity index (χ3v) is 5.35. The number of aromatic nitrogens is 3. The van der Waals surface area contributed by atoms with Crippen molar-refractivity contribution in [3.63, 3.8) is 0 Å². The van der Waals surface area contributed by atoms with Gasteiger partial charge in [0.15, 0.2) is 0 Å². The van der Waals surface area contributed by atoms with E-state index < -0.39 is 11.6 Å². The number of methoxy groups -OCH3 is 1. The molecular weight excluding hydrogens is 406 g/mol. The molecule has 160 valence electrons. The molecule has 2 aliphatic heterocycles. The Kier molecular flexibility index (Phi) is 4.78. The van der Waals surface area contributed by atoms with Crippen molar-refractivity contribution in [1.29, 1.82) is 0 Å². The maximum Gasteiger partial charge on any atom is 0.240 e. The van der Waals surface area contributed by atoms with E-state index in [1.54, 1.807) is 6.92 Å². The summed E-state index contributed by atoms with van der Waals surface area (Å²) in [6, 6.07) is 5.58. The number of H-pyrrole nitrogens is 1. The maximum absolute atomic E-state index is 14.6. The molecule has 0 bridgehead atoms. The average Bonchev–Trinajstić information content (AvgIpc) is 3.05. The highest BCUT2D eigenvalue weighted by atomic mass is 19.1. The Hall–Kier alpha value is -3.53. The van der Waals surface area contributed by atoms with Gasteiger partial charge in [0.25, 0.3) is 0 Å². The van der Waals surface area contributed by atoms with Crippen LogP contribution >= 0.6 is 0 Å². The zero-order valence-electron chi connectivity index (χ0n) is 17.0. The van der Waals surface area contributed by atoms with Crippen molar-refractivity contribution in [1.82, 2.24) is 15.2 Å². The molecule has 0 spiro atoms. The number of pyridine rings is 1. The largest absolute Gasteiger partial charge is 0.479 e. The van der Waals surface area contributed by atoms with Crippen molar-refractivity contribution in [2.45, 2.75) is 6.92 Å². The molecule has 1 fully saturated rings. The Balaban J connectivity index is 1.72. The van der Waals surface area contributed by atoms with Gasteiger partial charge >= 0.3 is 0 Å². The summed E-state index contributed by atoms with van der Waals surface area (Å²) in [7, 11) is 1.50. The lowest BCUT2D eigenvalue weighted by molar-refractivity contribution is 0.122. The molecule has 1 saturated heterocycles. The van der Waals surface area contributed by atoms with Crippen LogP contribution in [0.3, 0.4) is 0 Å². The first kappa shape index (κ1) is 19.4. The first-order valence-electron chi connectivity index (χ1n) is 9.84. The Labute approximate surface area is 176 Å². The molecule has 2 aliphatic rings. The van der Waals surface area contributed by atoms with Crippen LogP contribution in [0.5, 0.6) is 5.88 Å². The lowest BCUT2D eigenvalue weighted by Gasteiger charge is -2.29. The van der Waals surface area contributed by atoms with Crippen LogP contribution in [0.4, 0.5) is 26.0 Å². The Morgan fingerprint density at radius 2 is 1.90 bits per heavy atom. The zero-order chi connectivity index (χ0) is 21.5. The molecule has 0 unspecified atom stereocenters. The molecule has 8 nitrogen and oxygen atoms in total. The fourth-order valence-electron chi connectivity index (χ4n) is 3.78. The predicted octanol–water partition coefficient (Wildman–Crippen LogP) is 3.41. The van der Waals surface area contributed by atoms with Gasteiger partial charge in [-0.05, 0) is 25.1 Å². The molecule has 31 heavy (non-hydrogen) atoms. The number of benzene rings is 1. The number of ether oxygens (including phenoxy) is 2. The van der Waals surface area contributed by atoms with E-state index in [1.807, 2.05) is 6.07 Å². The van der Waals surface area contributed by atoms with Gasteiger partial charge in [0.05, 0.1) is 37.3 Å². The molecule has 0 saturated carbocycles. The van der Waals surface area contributed by atoms with Gasteiger partial charge in [0.1, 0.15) is 34.7 Å². The number of rotatable bonds is 3. The SMILES string of the molecule is COc1nc(N2CCOCC2)cc2c1NC(c1c(F)cccc1F)=Nc1c(C)n[nH]c1-2. The smallest absolute Gasteiger partial charge is 0.240 e. The number of hydrogen-bond donors (Lipinski definition) is 2. The number of anilines is 2. The van der Waals surface area contributed by atoms with Gasteiger partial charge in [-0.1, -0.05) is 6.07 Å². The van der Waals surface area contributed by atoms with Crippen LogP contribution in [-0.2, 0) is 4.74 Å². The highest BCUT2D eigenvalue weighted by molar-refractivity contribution is 6.14. The van der Waals surface area contributed by atoms with Gasteiger partial charge in [-0.3, -0.25) is 5.10 Å². The minimum atomic E-state index is -0.728. The van der Waals surface area contributed by atoms with Crippen molar-refractivity contribution in [3.8, 4) is 17.1 Å². The molecule has 10 heteroatoms. The van der Waals surface area contributed by atoms with Crippen molar-refractivity contribution in [2.75, 3.05) is 43.6 Å². The number of fused-ring (bicyclic) bond motifs is 3. The second kappa shape index (κ2) is 7.62. The summed E-state index contributed by atoms with van der Waals surface area (Å²) in [6.45, 7) is 4.38. The molecule has 0 aliphatic carbocycles. The van der Waals surface area contributed by atoms with Crippen LogP contribution < -0.4 is 15.0 Å². The minimum Gasteiger partial charge on any atom is -0.479 e. The Morgan fingerprint density at radius 3 is 2.61 bits per heavy atom. The quantitative estimate of drug-likeness (QED) is 0.668. The summed E-state index contributed by atoms with van der Waals surface area (Å²) >= 11 is 0. The molecule has 4 heterocycles. The van der Waals surface area contributed by atoms with E-state index in [1.165, 1.54) is 25.3 Å². The second-order valence-electron chi connectivity index (χ2n) is 7.23. The van der Waals surface area contributed by atoms with Crippen LogP contribution in [0.15, 0.2) is 29.3 Å². The lowest BCUT2D eigenvalue weighted by Crippen LogP contribution is -2.36. The van der Waals surface area contributed by atoms with Crippen molar-refractivity contribution >= 4 is 23.0 Å². The normalized spacial score (nSPS) is 15.5. The summed E-state index contributed by atoms with van der Waals surface area (Å²) < 4.78 is 40.2. The van der Waals surface area contributed by atoms with E-state index in [4.69, 9.17) is 9.47 Å². The molecule has 3 aromatic rings. The number of hydrogen-bond acceptors (Lipinski definition) is 7. The fraction of sp³-hybridized carbons (Fsp3) is 0.286. The molecule has 1 aromatic carbocycles. The van der Waals surface area contributed by atoms with Gasteiger partial charge in [0, 0.05) is 18.7 Å². The average molecular weight is 426 g/mol. The number of halogens is 2. The topological polar surface area (TPSA) is 87.7 Å². The highest BCUT2D eigenvalue weighted by Gasteiger charge is 2.28. The number of aromatic amines is 1. The number of nitrogens with one attached hydrogen (secondary N) is 2. The summed E-state index contributed by atoms with van der Waals surface area (Å²) in [5, 5.41) is 10.3. The van der Waals surface area contributed by atoms with E-state index in [0.717, 1.165) is 0 Å². The summed E-state index contributed by atoms with van der Waals surface area (Å²) in [5.74, 6) is -0.453. The first-order chi connectivity index (χ1) is 15.1. The van der Waals surface area contributed by atoms with E-state index in [9.17, 15) is 8.78 Å². The molecule has 0 amide bonds. The van der Waals surface area contributed by atoms with Gasteiger partial charge in [0.2, 0.25) is 5.88 Å². The Bertz CT molecular complexity index is 1170. The second-order valence-corrected chi connectivity index (χ2v) is 7.23. The third-order valence-electron chi connectivity index (χ3n) is 5.35. The van der Waals surface area contributed by atoms with Crippen LogP contribution in [-0.4, -0.2) is 54.4 Å². The first-order valence-corrected chi connectivity index (χ1v) is 9.84. The number of aliphatic imine (C=N–C) groups is 1. The molecule has 2 N–H and O–H groups in total. The monoisotopic (exact) mass is 426 g/mol. The molecule has 0 atom stereocenters. The molecule has 2 aromatic heterocycles. The standard InChI is InChI=1S/C21H20F2N6O2/c1-11-17-18(28-27-11)12-10-15(29-6-8-31-9-7-29)24-21(30-2)19(12)26-20(25-17)16-13(22)4-3-5-14(16)23/h3-5,10H,6-9H2,1-2H3,(H,25,26)(H,27,28). The maximum atomic E-state index is 14.6. The number of nitrogens with zero attached hydrogens (tertiary/aromatic N) is 4. The van der Waals surface area contributed by atoms with Crippen molar-refractivity contribution in [2.24, 2.45) is 4.99 Å². The lowest BCUT2D eigenvalue weighted by atomic mass is 10.1. The number of amidine groups is 1. The Morgan fingerprint density at radius 1 is 1.16 bits per heavy atom. The van der Waals surface area contributed by atoms with E-state index in [2.05, 4.69) is 30.4 Å². The molecule has 0 radical (unpaired) electrons. The predicted molar refractivity (Wildman–Crippen MR) is 112 cm³/mol. The van der Waals surface area contributed by atoms with Crippen molar-refractivity contribution < 1.29 is 18.3 Å². The summed E-state index contributed by atoms with van der Waals surface area (Å²) in [4.78, 5) is 11.3. The highest BCUT2D eigenvalue weighted by Crippen LogP contribution is 2.44. The van der Waals surface area contributed by atoms with Crippen LogP contribution in [0.2, 0.25) is 0 Å². The van der Waals surface area contributed by atoms with Gasteiger partial charge in [-0.25, -0.2) is 13.8 Å². The number of aryl methyl sites for hydroxylation is 1. The van der Waals surface area contributed by atoms with Gasteiger partial charge in [-0.15, -0.1) is 0 Å². The van der Waals surface area contributed by atoms with Crippen LogP contribution in [0.1, 0.15) is 11.3 Å². The van der Waals surface area contributed by atoms with Gasteiger partial charge < -0.3 is 19.7 Å². The number of morpholine rings is 1. The summed E-state index contributed by atoms with van der Waals surface area (Å²) in [6.07, 6.45) is 0. The van der Waals surface area contributed by atoms with Crippen molar-refractivity contribution in [3.05, 3.63) is 47.2 Å². The van der Waals surface area contributed by atoms with Gasteiger partial charge in [-0.2, -0.15) is 10.1 Å². The molecule has 5 rings (SSSR count). The van der Waals surface area contributed by atoms with E-state index in [-0.39, 0.29) is 17.3 Å². The fourth-order valence-corrected chi connectivity index (χ4v) is 3.78. The third kappa shape index (κ3) is 3.28. The molecular formula is C21H20F2N6O2. The zero-order valence-corrected chi connectivity index (χ0v) is 17.0. The summed E-state index contributed by atoms with van der Waals surface area (Å²) in [5.41, 5.74) is 2.58. The van der Waals surface area contributed by atoms with E-state index in [0.29, 0.717) is 60.4 Å². The van der Waals surface area contributed by atoms with Crippen LogP contribution in [0.25, 0.3) is 11.3 Å². The van der Waals surface area contributed by atoms with Crippen LogP contribution in [0, 0.1) is 18.6 Å². The minimum absolute atomic E-state index is 0.0133. The van der Waals surface area contributed by atoms with E-state index >= 15 is 0 Å².